The standard InChI is InChI=1S/C50H99N2O6P/c1-6-8-10-12-14-16-18-20-22-24-25-26-28-29-31-33-35-37-39-41-43-49(53)48(47-58-59(55,56)57-46-45-52(3,4)5)51-50(54)44-42-40-38-36-34-32-30-27-23-21-19-17-15-13-11-9-7-2/h21,23,41,43,48-49,53H,6-20,22,24-40,42,44-47H2,1-5H3,(H-,51,54,55,56)/p+1/b23-21-,43-41+. The second kappa shape index (κ2) is 42.3. The van der Waals surface area contributed by atoms with Crippen LogP contribution >= 0.6 is 7.82 Å². The summed E-state index contributed by atoms with van der Waals surface area (Å²) in [4.78, 5) is 23.2. The fourth-order valence-electron chi connectivity index (χ4n) is 7.39. The first-order valence-corrected chi connectivity index (χ1v) is 26.7. The van der Waals surface area contributed by atoms with Gasteiger partial charge in [-0.2, -0.15) is 0 Å². The molecule has 0 aromatic rings. The highest BCUT2D eigenvalue weighted by Gasteiger charge is 2.27. The van der Waals surface area contributed by atoms with Crippen LogP contribution in [0.2, 0.25) is 0 Å². The van der Waals surface area contributed by atoms with Crippen LogP contribution in [-0.4, -0.2) is 73.4 Å². The number of aliphatic hydroxyl groups excluding tert-OH is 1. The zero-order valence-electron chi connectivity index (χ0n) is 39.8. The summed E-state index contributed by atoms with van der Waals surface area (Å²) < 4.78 is 23.6. The number of carbonyl (C=O) groups excluding carboxylic acids is 1. The SMILES string of the molecule is CCCCCCCC/C=C\CCCCCCCCCC(=O)NC(COP(=O)(O)OCC[N+](C)(C)C)C(O)/C=C/CCCCCCCCCCCCCCCCCCCC. The summed E-state index contributed by atoms with van der Waals surface area (Å²) in [5.41, 5.74) is 0. The molecule has 0 aromatic heterocycles. The average molecular weight is 856 g/mol. The second-order valence-corrected chi connectivity index (χ2v) is 20.0. The summed E-state index contributed by atoms with van der Waals surface area (Å²) in [6.45, 7) is 4.83. The van der Waals surface area contributed by atoms with Crippen molar-refractivity contribution in [2.75, 3.05) is 40.9 Å². The van der Waals surface area contributed by atoms with Gasteiger partial charge in [-0.15, -0.1) is 0 Å². The van der Waals surface area contributed by atoms with E-state index in [4.69, 9.17) is 9.05 Å². The maximum atomic E-state index is 12.9. The number of phosphoric ester groups is 1. The van der Waals surface area contributed by atoms with Gasteiger partial charge in [-0.1, -0.05) is 212 Å². The van der Waals surface area contributed by atoms with Gasteiger partial charge in [0.15, 0.2) is 0 Å². The van der Waals surface area contributed by atoms with E-state index in [0.717, 1.165) is 38.5 Å². The minimum absolute atomic E-state index is 0.0620. The zero-order chi connectivity index (χ0) is 43.6. The molecule has 0 aliphatic rings. The van der Waals surface area contributed by atoms with Crippen LogP contribution in [0.4, 0.5) is 0 Å². The van der Waals surface area contributed by atoms with E-state index < -0.39 is 20.0 Å². The van der Waals surface area contributed by atoms with Gasteiger partial charge in [0.1, 0.15) is 13.2 Å². The van der Waals surface area contributed by atoms with Gasteiger partial charge in [-0.25, -0.2) is 4.57 Å². The topological polar surface area (TPSA) is 105 Å². The molecule has 0 fully saturated rings. The summed E-state index contributed by atoms with van der Waals surface area (Å²) in [5.74, 6) is -0.180. The number of rotatable bonds is 46. The van der Waals surface area contributed by atoms with Gasteiger partial charge in [-0.3, -0.25) is 13.8 Å². The van der Waals surface area contributed by atoms with E-state index in [-0.39, 0.29) is 19.1 Å². The Morgan fingerprint density at radius 3 is 1.31 bits per heavy atom. The monoisotopic (exact) mass is 856 g/mol. The number of hydrogen-bond acceptors (Lipinski definition) is 5. The van der Waals surface area contributed by atoms with Crippen molar-refractivity contribution in [2.45, 2.75) is 251 Å². The largest absolute Gasteiger partial charge is 0.472 e. The summed E-state index contributed by atoms with van der Waals surface area (Å²) in [6, 6.07) is -0.846. The van der Waals surface area contributed by atoms with E-state index >= 15 is 0 Å². The van der Waals surface area contributed by atoms with Gasteiger partial charge in [0, 0.05) is 6.42 Å². The molecular formula is C50H100N2O6P+. The third-order valence-corrected chi connectivity index (χ3v) is 12.4. The number of carbonyl (C=O) groups is 1. The Bertz CT molecular complexity index is 1020. The second-order valence-electron chi connectivity index (χ2n) is 18.5. The van der Waals surface area contributed by atoms with Crippen LogP contribution < -0.4 is 5.32 Å². The van der Waals surface area contributed by atoms with E-state index in [1.54, 1.807) is 6.08 Å². The third kappa shape index (κ3) is 44.8. The number of quaternary nitrogens is 1. The first-order valence-electron chi connectivity index (χ1n) is 25.2. The number of hydrogen-bond donors (Lipinski definition) is 3. The highest BCUT2D eigenvalue weighted by atomic mass is 31.2. The molecule has 0 aliphatic carbocycles. The van der Waals surface area contributed by atoms with Crippen molar-refractivity contribution in [3.8, 4) is 0 Å². The normalized spacial score (nSPS) is 14.4. The molecule has 8 nitrogen and oxygen atoms in total. The number of nitrogens with one attached hydrogen (secondary N) is 1. The van der Waals surface area contributed by atoms with E-state index in [9.17, 15) is 19.4 Å². The Hall–Kier alpha value is -1.02. The van der Waals surface area contributed by atoms with Crippen LogP contribution in [-0.2, 0) is 18.4 Å². The van der Waals surface area contributed by atoms with Crippen LogP contribution in [0.15, 0.2) is 24.3 Å². The molecule has 0 aromatic carbocycles. The lowest BCUT2D eigenvalue weighted by molar-refractivity contribution is -0.870. The first kappa shape index (κ1) is 58.0. The minimum atomic E-state index is -4.34. The summed E-state index contributed by atoms with van der Waals surface area (Å²) in [6.07, 6.45) is 51.1. The van der Waals surface area contributed by atoms with Crippen molar-refractivity contribution in [1.29, 1.82) is 0 Å². The van der Waals surface area contributed by atoms with E-state index in [0.29, 0.717) is 17.4 Å². The van der Waals surface area contributed by atoms with Crippen molar-refractivity contribution in [1.82, 2.24) is 5.32 Å². The Morgan fingerprint density at radius 2 is 0.915 bits per heavy atom. The predicted octanol–water partition coefficient (Wildman–Crippen LogP) is 14.5. The molecule has 9 heteroatoms. The number of nitrogens with zero attached hydrogens (tertiary/aromatic N) is 1. The highest BCUT2D eigenvalue weighted by molar-refractivity contribution is 7.47. The summed E-state index contributed by atoms with van der Waals surface area (Å²) >= 11 is 0. The number of amides is 1. The molecule has 0 radical (unpaired) electrons. The predicted molar refractivity (Wildman–Crippen MR) is 254 cm³/mol. The molecule has 0 spiro atoms. The fourth-order valence-corrected chi connectivity index (χ4v) is 8.13. The number of likely N-dealkylation sites (N-methyl/N-ethyl adjacent to an activating group) is 1. The van der Waals surface area contributed by atoms with Crippen LogP contribution in [0.1, 0.15) is 239 Å². The van der Waals surface area contributed by atoms with E-state index in [1.165, 1.54) is 180 Å². The van der Waals surface area contributed by atoms with Crippen molar-refractivity contribution in [3.63, 3.8) is 0 Å². The number of unbranched alkanes of at least 4 members (excludes halogenated alkanes) is 31. The smallest absolute Gasteiger partial charge is 0.387 e. The summed E-state index contributed by atoms with van der Waals surface area (Å²) in [5, 5.41) is 13.9. The minimum Gasteiger partial charge on any atom is -0.387 e. The number of aliphatic hydroxyl groups is 1. The van der Waals surface area contributed by atoms with E-state index in [1.807, 2.05) is 27.2 Å². The molecular weight excluding hydrogens is 756 g/mol. The average Bonchev–Trinajstić information content (AvgIpc) is 3.19. The summed E-state index contributed by atoms with van der Waals surface area (Å²) in [7, 11) is 1.58. The number of phosphoric acid groups is 1. The number of allylic oxidation sites excluding steroid dienone is 3. The molecule has 3 N–H and O–H groups in total. The Labute approximate surface area is 366 Å². The molecule has 0 heterocycles. The van der Waals surface area contributed by atoms with Crippen LogP contribution in [0, 0.1) is 0 Å². The van der Waals surface area contributed by atoms with Gasteiger partial charge >= 0.3 is 7.82 Å². The molecule has 0 saturated heterocycles. The lowest BCUT2D eigenvalue weighted by atomic mass is 10.0. The molecule has 1 amide bonds. The van der Waals surface area contributed by atoms with Gasteiger partial charge < -0.3 is 19.8 Å². The molecule has 0 saturated carbocycles. The molecule has 3 atom stereocenters. The van der Waals surface area contributed by atoms with Crippen molar-refractivity contribution < 1.29 is 32.9 Å². The maximum Gasteiger partial charge on any atom is 0.472 e. The lowest BCUT2D eigenvalue weighted by Crippen LogP contribution is -2.45. The molecule has 3 unspecified atom stereocenters. The highest BCUT2D eigenvalue weighted by Crippen LogP contribution is 2.43. The van der Waals surface area contributed by atoms with Crippen LogP contribution in [0.25, 0.3) is 0 Å². The van der Waals surface area contributed by atoms with Gasteiger partial charge in [-0.05, 0) is 44.9 Å². The quantitative estimate of drug-likeness (QED) is 0.0244. The third-order valence-electron chi connectivity index (χ3n) is 11.4. The van der Waals surface area contributed by atoms with Gasteiger partial charge in [0.25, 0.3) is 0 Å². The molecule has 0 aliphatic heterocycles. The van der Waals surface area contributed by atoms with Crippen molar-refractivity contribution in [2.24, 2.45) is 0 Å². The molecule has 350 valence electrons. The van der Waals surface area contributed by atoms with E-state index in [2.05, 4.69) is 31.3 Å². The van der Waals surface area contributed by atoms with Gasteiger partial charge in [0.05, 0.1) is 39.9 Å². The Morgan fingerprint density at radius 1 is 0.559 bits per heavy atom. The molecule has 59 heavy (non-hydrogen) atoms. The van der Waals surface area contributed by atoms with Gasteiger partial charge in [0.2, 0.25) is 5.91 Å². The van der Waals surface area contributed by atoms with Crippen LogP contribution in [0.5, 0.6) is 0 Å². The van der Waals surface area contributed by atoms with Crippen molar-refractivity contribution in [3.05, 3.63) is 24.3 Å². The molecule has 0 rings (SSSR count). The first-order chi connectivity index (χ1) is 28.5. The fraction of sp³-hybridized carbons (Fsp3) is 0.900. The van der Waals surface area contributed by atoms with Crippen molar-refractivity contribution >= 4 is 13.7 Å². The Balaban J connectivity index is 4.33. The van der Waals surface area contributed by atoms with Crippen LogP contribution in [0.3, 0.4) is 0 Å². The zero-order valence-corrected chi connectivity index (χ0v) is 40.7. The maximum absolute atomic E-state index is 12.9. The lowest BCUT2D eigenvalue weighted by Gasteiger charge is -2.25. The Kier molecular flexibility index (Phi) is 41.6. The molecule has 0 bridgehead atoms.